The van der Waals surface area contributed by atoms with E-state index in [1.807, 2.05) is 0 Å². The maximum Gasteiger partial charge on any atom is 0.270 e. The molecule has 0 spiro atoms. The second-order valence-electron chi connectivity index (χ2n) is 6.30. The van der Waals surface area contributed by atoms with Crippen LogP contribution in [0.3, 0.4) is 0 Å². The number of nitrogens with zero attached hydrogens (tertiary/aromatic N) is 2. The van der Waals surface area contributed by atoms with Crippen molar-refractivity contribution in [1.29, 1.82) is 0 Å². The Morgan fingerprint density at radius 2 is 2.43 bits per heavy atom. The number of nitrogens with one attached hydrogen (secondary N) is 2. The summed E-state index contributed by atoms with van der Waals surface area (Å²) < 4.78 is 0. The van der Waals surface area contributed by atoms with Gasteiger partial charge in [-0.05, 0) is 37.6 Å². The van der Waals surface area contributed by atoms with E-state index in [0.717, 1.165) is 13.0 Å². The number of aromatic nitrogens is 2. The van der Waals surface area contributed by atoms with Crippen molar-refractivity contribution < 1.29 is 4.79 Å². The van der Waals surface area contributed by atoms with Gasteiger partial charge in [0.1, 0.15) is 5.69 Å². The molecule has 5 nitrogen and oxygen atoms in total. The van der Waals surface area contributed by atoms with Gasteiger partial charge < -0.3 is 10.2 Å². The van der Waals surface area contributed by atoms with Crippen molar-refractivity contribution in [2.24, 2.45) is 11.8 Å². The zero-order chi connectivity index (χ0) is 15.2. The largest absolute Gasteiger partial charge is 0.351 e. The molecule has 1 aliphatic rings. The van der Waals surface area contributed by atoms with Gasteiger partial charge in [0.2, 0.25) is 0 Å². The molecule has 1 atom stereocenters. The van der Waals surface area contributed by atoms with Crippen LogP contribution in [0.1, 0.15) is 43.6 Å². The molecule has 0 radical (unpaired) electrons. The molecule has 0 aliphatic carbocycles. The molecule has 1 fully saturated rings. The Morgan fingerprint density at radius 3 is 3.10 bits per heavy atom. The van der Waals surface area contributed by atoms with Gasteiger partial charge in [-0.25, -0.2) is 0 Å². The van der Waals surface area contributed by atoms with Crippen LogP contribution in [0.5, 0.6) is 0 Å². The van der Waals surface area contributed by atoms with Gasteiger partial charge in [-0.15, -0.1) is 0 Å². The number of hydrogen-bond donors (Lipinski definition) is 2. The van der Waals surface area contributed by atoms with Gasteiger partial charge in [0, 0.05) is 19.6 Å². The maximum atomic E-state index is 11.9. The Bertz CT molecular complexity index is 460. The fourth-order valence-corrected chi connectivity index (χ4v) is 3.15. The van der Waals surface area contributed by atoms with Gasteiger partial charge in [-0.3, -0.25) is 9.89 Å². The van der Waals surface area contributed by atoms with Crippen LogP contribution in [0.25, 0.3) is 0 Å². The fourth-order valence-electron chi connectivity index (χ4n) is 2.98. The lowest BCUT2D eigenvalue weighted by Crippen LogP contribution is -2.39. The minimum atomic E-state index is -0.174. The van der Waals surface area contributed by atoms with Gasteiger partial charge in [0.05, 0.1) is 11.2 Å². The topological polar surface area (TPSA) is 61.0 Å². The lowest BCUT2D eigenvalue weighted by atomic mass is 9.94. The van der Waals surface area contributed by atoms with Crippen LogP contribution in [-0.2, 0) is 0 Å². The molecule has 1 aliphatic heterocycles. The highest BCUT2D eigenvalue weighted by atomic mass is 35.5. The molecule has 2 N–H and O–H groups in total. The minimum absolute atomic E-state index is 0.174. The Hall–Kier alpha value is -1.07. The van der Waals surface area contributed by atoms with Crippen molar-refractivity contribution in [3.8, 4) is 0 Å². The summed E-state index contributed by atoms with van der Waals surface area (Å²) in [5, 5.41) is 9.66. The van der Waals surface area contributed by atoms with Crippen LogP contribution in [0, 0.1) is 11.8 Å². The SMILES string of the molecule is CC(C)CN1CCCC(CCNC(=O)c2[nH]ncc2Cl)C1. The van der Waals surface area contributed by atoms with Gasteiger partial charge in [0.25, 0.3) is 5.91 Å². The maximum absolute atomic E-state index is 11.9. The van der Waals surface area contributed by atoms with Gasteiger partial charge in [-0.1, -0.05) is 25.4 Å². The summed E-state index contributed by atoms with van der Waals surface area (Å²) in [7, 11) is 0. The van der Waals surface area contributed by atoms with E-state index in [1.54, 1.807) is 0 Å². The first-order valence-electron chi connectivity index (χ1n) is 7.75. The van der Waals surface area contributed by atoms with Crippen LogP contribution in [0.2, 0.25) is 5.02 Å². The molecule has 1 aromatic heterocycles. The van der Waals surface area contributed by atoms with Crippen molar-refractivity contribution in [2.75, 3.05) is 26.2 Å². The zero-order valence-electron chi connectivity index (χ0n) is 12.9. The van der Waals surface area contributed by atoms with E-state index < -0.39 is 0 Å². The molecule has 6 heteroatoms. The normalized spacial score (nSPS) is 19.9. The monoisotopic (exact) mass is 312 g/mol. The molecule has 2 heterocycles. The molecule has 0 aromatic carbocycles. The first-order chi connectivity index (χ1) is 10.1. The summed E-state index contributed by atoms with van der Waals surface area (Å²) in [6, 6.07) is 0. The Morgan fingerprint density at radius 1 is 1.62 bits per heavy atom. The quantitative estimate of drug-likeness (QED) is 0.848. The van der Waals surface area contributed by atoms with E-state index in [1.165, 1.54) is 32.1 Å². The molecule has 118 valence electrons. The first-order valence-corrected chi connectivity index (χ1v) is 8.13. The number of halogens is 1. The average Bonchev–Trinajstić information content (AvgIpc) is 2.84. The van der Waals surface area contributed by atoms with Crippen molar-refractivity contribution in [1.82, 2.24) is 20.4 Å². The van der Waals surface area contributed by atoms with E-state index >= 15 is 0 Å². The summed E-state index contributed by atoms with van der Waals surface area (Å²) in [6.07, 6.45) is 4.99. The predicted molar refractivity (Wildman–Crippen MR) is 84.5 cm³/mol. The fraction of sp³-hybridized carbons (Fsp3) is 0.733. The highest BCUT2D eigenvalue weighted by Crippen LogP contribution is 2.20. The molecule has 1 amide bonds. The number of piperidine rings is 1. The molecule has 1 aromatic rings. The molecule has 21 heavy (non-hydrogen) atoms. The number of likely N-dealkylation sites (tertiary alicyclic amines) is 1. The van der Waals surface area contributed by atoms with E-state index in [2.05, 4.69) is 34.3 Å². The summed E-state index contributed by atoms with van der Waals surface area (Å²) in [6.45, 7) is 8.75. The molecular formula is C15H25ClN4O. The molecule has 1 saturated heterocycles. The van der Waals surface area contributed by atoms with Crippen molar-refractivity contribution in [2.45, 2.75) is 33.1 Å². The lowest BCUT2D eigenvalue weighted by molar-refractivity contribution is 0.0941. The molecular weight excluding hydrogens is 288 g/mol. The summed E-state index contributed by atoms with van der Waals surface area (Å²) in [5.74, 6) is 1.22. The standard InChI is InChI=1S/C15H25ClN4O/c1-11(2)9-20-7-3-4-12(10-20)5-6-17-15(21)14-13(16)8-18-19-14/h8,11-12H,3-7,9-10H2,1-2H3,(H,17,21)(H,18,19). The second-order valence-corrected chi connectivity index (χ2v) is 6.71. The van der Waals surface area contributed by atoms with Crippen LogP contribution in [0.15, 0.2) is 6.20 Å². The first kappa shape index (κ1) is 16.3. The van der Waals surface area contributed by atoms with Crippen molar-refractivity contribution in [3.05, 3.63) is 16.9 Å². The van der Waals surface area contributed by atoms with Crippen molar-refractivity contribution in [3.63, 3.8) is 0 Å². The summed E-state index contributed by atoms with van der Waals surface area (Å²) in [5.41, 5.74) is 0.349. The van der Waals surface area contributed by atoms with E-state index in [0.29, 0.717) is 29.1 Å². The van der Waals surface area contributed by atoms with Crippen molar-refractivity contribution >= 4 is 17.5 Å². The molecule has 0 saturated carbocycles. The lowest BCUT2D eigenvalue weighted by Gasteiger charge is -2.33. The average molecular weight is 313 g/mol. The van der Waals surface area contributed by atoms with Crippen LogP contribution in [0.4, 0.5) is 0 Å². The minimum Gasteiger partial charge on any atom is -0.351 e. The third-order valence-electron chi connectivity index (χ3n) is 3.88. The van der Waals surface area contributed by atoms with E-state index in [4.69, 9.17) is 11.6 Å². The van der Waals surface area contributed by atoms with E-state index in [9.17, 15) is 4.79 Å². The van der Waals surface area contributed by atoms with Crippen LogP contribution >= 0.6 is 11.6 Å². The third kappa shape index (κ3) is 5.00. The number of H-pyrrole nitrogens is 1. The Kier molecular flexibility index (Phi) is 6.06. The highest BCUT2D eigenvalue weighted by Gasteiger charge is 2.20. The molecule has 2 rings (SSSR count). The van der Waals surface area contributed by atoms with Gasteiger partial charge >= 0.3 is 0 Å². The summed E-state index contributed by atoms with van der Waals surface area (Å²) in [4.78, 5) is 14.4. The predicted octanol–water partition coefficient (Wildman–Crippen LogP) is 2.55. The zero-order valence-corrected chi connectivity index (χ0v) is 13.6. The van der Waals surface area contributed by atoms with Crippen LogP contribution in [-0.4, -0.2) is 47.2 Å². The number of carbonyl (C=O) groups excluding carboxylic acids is 1. The third-order valence-corrected chi connectivity index (χ3v) is 4.17. The van der Waals surface area contributed by atoms with E-state index in [-0.39, 0.29) is 5.91 Å². The number of aromatic amines is 1. The van der Waals surface area contributed by atoms with Crippen LogP contribution < -0.4 is 5.32 Å². The Balaban J connectivity index is 1.71. The Labute approximate surface area is 131 Å². The number of hydrogen-bond acceptors (Lipinski definition) is 3. The molecule has 1 unspecified atom stereocenters. The number of rotatable bonds is 6. The second kappa shape index (κ2) is 7.80. The van der Waals surface area contributed by atoms with Gasteiger partial charge in [-0.2, -0.15) is 5.10 Å². The van der Waals surface area contributed by atoms with Gasteiger partial charge in [0.15, 0.2) is 0 Å². The number of carbonyl (C=O) groups is 1. The molecule has 0 bridgehead atoms. The smallest absolute Gasteiger partial charge is 0.270 e. The number of amides is 1. The highest BCUT2D eigenvalue weighted by molar-refractivity contribution is 6.33. The summed E-state index contributed by atoms with van der Waals surface area (Å²) >= 11 is 5.87.